The topological polar surface area (TPSA) is 70.8 Å². The van der Waals surface area contributed by atoms with E-state index in [0.29, 0.717) is 17.9 Å². The van der Waals surface area contributed by atoms with Crippen LogP contribution in [0.3, 0.4) is 0 Å². The summed E-state index contributed by atoms with van der Waals surface area (Å²) in [6.45, 7) is 0.510. The van der Waals surface area contributed by atoms with Crippen molar-refractivity contribution in [3.8, 4) is 11.8 Å². The van der Waals surface area contributed by atoms with Crippen LogP contribution in [0, 0.1) is 11.3 Å². The Hall–Kier alpha value is -2.61. The zero-order valence-electron chi connectivity index (χ0n) is 9.92. The summed E-state index contributed by atoms with van der Waals surface area (Å²) in [5.41, 5.74) is 2.10. The molecule has 0 aliphatic rings. The summed E-state index contributed by atoms with van der Waals surface area (Å²) in [7, 11) is 1.59. The fourth-order valence-electron chi connectivity index (χ4n) is 1.51. The molecule has 0 unspecified atom stereocenters. The van der Waals surface area contributed by atoms with Crippen molar-refractivity contribution < 1.29 is 4.74 Å². The molecule has 0 bridgehead atoms. The summed E-state index contributed by atoms with van der Waals surface area (Å²) < 4.78 is 5.13. The van der Waals surface area contributed by atoms with Gasteiger partial charge in [0.05, 0.1) is 30.6 Å². The van der Waals surface area contributed by atoms with E-state index in [2.05, 4.69) is 21.6 Å². The SMILES string of the molecule is COc1ccc(C#N)c(NCc2cccnn2)c1. The Morgan fingerprint density at radius 2 is 2.28 bits per heavy atom. The molecular weight excluding hydrogens is 228 g/mol. The van der Waals surface area contributed by atoms with E-state index in [1.54, 1.807) is 31.5 Å². The van der Waals surface area contributed by atoms with Gasteiger partial charge in [0.2, 0.25) is 0 Å². The number of methoxy groups -OCH3 is 1. The van der Waals surface area contributed by atoms with E-state index in [1.165, 1.54) is 0 Å². The quantitative estimate of drug-likeness (QED) is 0.884. The molecule has 1 N–H and O–H groups in total. The number of nitriles is 1. The first-order valence-electron chi connectivity index (χ1n) is 5.42. The lowest BCUT2D eigenvalue weighted by Crippen LogP contribution is -2.04. The van der Waals surface area contributed by atoms with Gasteiger partial charge in [-0.1, -0.05) is 0 Å². The molecule has 0 atom stereocenters. The van der Waals surface area contributed by atoms with Crippen LogP contribution in [-0.2, 0) is 6.54 Å². The Bertz CT molecular complexity index is 563. The molecule has 2 aromatic rings. The molecule has 5 heteroatoms. The van der Waals surface area contributed by atoms with Crippen molar-refractivity contribution in [1.82, 2.24) is 10.2 Å². The van der Waals surface area contributed by atoms with Gasteiger partial charge in [-0.15, -0.1) is 0 Å². The summed E-state index contributed by atoms with van der Waals surface area (Å²) in [4.78, 5) is 0. The largest absolute Gasteiger partial charge is 0.497 e. The van der Waals surface area contributed by atoms with Gasteiger partial charge in [-0.3, -0.25) is 0 Å². The number of aromatic nitrogens is 2. The molecule has 0 amide bonds. The van der Waals surface area contributed by atoms with Crippen LogP contribution in [0.2, 0.25) is 0 Å². The van der Waals surface area contributed by atoms with E-state index in [4.69, 9.17) is 10.00 Å². The predicted molar refractivity (Wildman–Crippen MR) is 67.1 cm³/mol. The molecule has 0 saturated heterocycles. The number of hydrogen-bond acceptors (Lipinski definition) is 5. The molecule has 0 spiro atoms. The molecule has 5 nitrogen and oxygen atoms in total. The molecule has 2 rings (SSSR count). The number of nitrogens with one attached hydrogen (secondary N) is 1. The highest BCUT2D eigenvalue weighted by molar-refractivity contribution is 5.60. The molecule has 0 aliphatic carbocycles. The monoisotopic (exact) mass is 240 g/mol. The first kappa shape index (κ1) is 11.9. The fourth-order valence-corrected chi connectivity index (χ4v) is 1.51. The minimum absolute atomic E-state index is 0.510. The summed E-state index contributed by atoms with van der Waals surface area (Å²) >= 11 is 0. The predicted octanol–water partition coefficient (Wildman–Crippen LogP) is 1.97. The number of anilines is 1. The van der Waals surface area contributed by atoms with Crippen molar-refractivity contribution in [2.45, 2.75) is 6.54 Å². The number of ether oxygens (including phenoxy) is 1. The second-order valence-corrected chi connectivity index (χ2v) is 3.59. The van der Waals surface area contributed by atoms with Gasteiger partial charge < -0.3 is 10.1 Å². The smallest absolute Gasteiger partial charge is 0.121 e. The Balaban J connectivity index is 2.15. The van der Waals surface area contributed by atoms with Crippen molar-refractivity contribution in [3.05, 3.63) is 47.8 Å². The van der Waals surface area contributed by atoms with Crippen LogP contribution in [0.15, 0.2) is 36.5 Å². The highest BCUT2D eigenvalue weighted by atomic mass is 16.5. The van der Waals surface area contributed by atoms with Crippen molar-refractivity contribution in [3.63, 3.8) is 0 Å². The second kappa shape index (κ2) is 5.64. The molecule has 0 radical (unpaired) electrons. The first-order valence-corrected chi connectivity index (χ1v) is 5.42. The summed E-state index contributed by atoms with van der Waals surface area (Å²) in [6.07, 6.45) is 1.62. The van der Waals surface area contributed by atoms with Crippen LogP contribution in [0.4, 0.5) is 5.69 Å². The third kappa shape index (κ3) is 2.74. The van der Waals surface area contributed by atoms with E-state index in [1.807, 2.05) is 12.1 Å². The Labute approximate surface area is 105 Å². The molecule has 18 heavy (non-hydrogen) atoms. The van der Waals surface area contributed by atoms with E-state index in [-0.39, 0.29) is 0 Å². The number of nitrogens with zero attached hydrogens (tertiary/aromatic N) is 3. The average Bonchev–Trinajstić information content (AvgIpc) is 2.45. The minimum atomic E-state index is 0.510. The third-order valence-electron chi connectivity index (χ3n) is 2.43. The Morgan fingerprint density at radius 1 is 1.39 bits per heavy atom. The minimum Gasteiger partial charge on any atom is -0.497 e. The lowest BCUT2D eigenvalue weighted by molar-refractivity contribution is 0.415. The Kier molecular flexibility index (Phi) is 3.72. The first-order chi connectivity index (χ1) is 8.83. The molecular formula is C13H12N4O. The average molecular weight is 240 g/mol. The summed E-state index contributed by atoms with van der Waals surface area (Å²) in [6, 6.07) is 11.1. The van der Waals surface area contributed by atoms with Crippen LogP contribution >= 0.6 is 0 Å². The maximum atomic E-state index is 9.02. The van der Waals surface area contributed by atoms with Gasteiger partial charge in [0, 0.05) is 12.3 Å². The van der Waals surface area contributed by atoms with E-state index in [0.717, 1.165) is 11.4 Å². The standard InChI is InChI=1S/C13H12N4O/c1-18-12-5-4-10(8-14)13(7-12)15-9-11-3-2-6-16-17-11/h2-7,15H,9H2,1H3. The third-order valence-corrected chi connectivity index (χ3v) is 2.43. The van der Waals surface area contributed by atoms with Crippen LogP contribution < -0.4 is 10.1 Å². The van der Waals surface area contributed by atoms with Gasteiger partial charge in [0.15, 0.2) is 0 Å². The highest BCUT2D eigenvalue weighted by Crippen LogP contribution is 2.22. The van der Waals surface area contributed by atoms with E-state index < -0.39 is 0 Å². The summed E-state index contributed by atoms with van der Waals surface area (Å²) in [5.74, 6) is 0.704. The summed E-state index contributed by atoms with van der Waals surface area (Å²) in [5, 5.41) is 19.9. The van der Waals surface area contributed by atoms with Crippen LogP contribution in [0.25, 0.3) is 0 Å². The molecule has 90 valence electrons. The van der Waals surface area contributed by atoms with Crippen molar-refractivity contribution in [2.75, 3.05) is 12.4 Å². The van der Waals surface area contributed by atoms with E-state index in [9.17, 15) is 0 Å². The molecule has 1 heterocycles. The van der Waals surface area contributed by atoms with E-state index >= 15 is 0 Å². The van der Waals surface area contributed by atoms with Gasteiger partial charge in [-0.05, 0) is 24.3 Å². The molecule has 1 aromatic carbocycles. The van der Waals surface area contributed by atoms with Gasteiger partial charge in [0.1, 0.15) is 11.8 Å². The highest BCUT2D eigenvalue weighted by Gasteiger charge is 2.04. The van der Waals surface area contributed by atoms with Gasteiger partial charge >= 0.3 is 0 Å². The van der Waals surface area contributed by atoms with Gasteiger partial charge in [-0.25, -0.2) is 0 Å². The lowest BCUT2D eigenvalue weighted by atomic mass is 10.2. The molecule has 0 fully saturated rings. The van der Waals surface area contributed by atoms with Crippen LogP contribution in [0.1, 0.15) is 11.3 Å². The van der Waals surface area contributed by atoms with Crippen molar-refractivity contribution in [1.29, 1.82) is 5.26 Å². The van der Waals surface area contributed by atoms with Gasteiger partial charge in [0.25, 0.3) is 0 Å². The lowest BCUT2D eigenvalue weighted by Gasteiger charge is -2.09. The second-order valence-electron chi connectivity index (χ2n) is 3.59. The fraction of sp³-hybridized carbons (Fsp3) is 0.154. The number of benzene rings is 1. The number of rotatable bonds is 4. The molecule has 1 aromatic heterocycles. The van der Waals surface area contributed by atoms with Crippen LogP contribution in [0.5, 0.6) is 5.75 Å². The Morgan fingerprint density at radius 3 is 2.94 bits per heavy atom. The number of hydrogen-bond donors (Lipinski definition) is 1. The van der Waals surface area contributed by atoms with Crippen molar-refractivity contribution in [2.24, 2.45) is 0 Å². The van der Waals surface area contributed by atoms with Gasteiger partial charge in [-0.2, -0.15) is 15.5 Å². The maximum absolute atomic E-state index is 9.02. The van der Waals surface area contributed by atoms with Crippen LogP contribution in [-0.4, -0.2) is 17.3 Å². The normalized spacial score (nSPS) is 9.56. The zero-order valence-corrected chi connectivity index (χ0v) is 9.92. The van der Waals surface area contributed by atoms with Crippen molar-refractivity contribution >= 4 is 5.69 Å². The molecule has 0 saturated carbocycles. The maximum Gasteiger partial charge on any atom is 0.121 e. The zero-order chi connectivity index (χ0) is 12.8. The molecule has 0 aliphatic heterocycles.